The lowest BCUT2D eigenvalue weighted by Gasteiger charge is -2.02. The Morgan fingerprint density at radius 3 is 2.87 bits per heavy atom. The molecule has 1 aromatic carbocycles. The van der Waals surface area contributed by atoms with Gasteiger partial charge in [-0.25, -0.2) is 4.39 Å². The second-order valence-electron chi connectivity index (χ2n) is 2.89. The first-order valence-corrected chi connectivity index (χ1v) is 5.10. The average molecular weight is 273 g/mol. The minimum atomic E-state index is -0.448. The third-order valence-electron chi connectivity index (χ3n) is 1.65. The van der Waals surface area contributed by atoms with Gasteiger partial charge in [-0.2, -0.15) is 0 Å². The number of halogens is 2. The van der Waals surface area contributed by atoms with Crippen LogP contribution in [0.25, 0.3) is 0 Å². The monoisotopic (exact) mass is 272 g/mol. The molecule has 0 aliphatic rings. The number of rotatable bonds is 5. The van der Waals surface area contributed by atoms with Crippen LogP contribution in [0.2, 0.25) is 0 Å². The molecule has 2 nitrogen and oxygen atoms in total. The number of benzene rings is 1. The van der Waals surface area contributed by atoms with Gasteiger partial charge in [-0.1, -0.05) is 22.0 Å². The minimum absolute atomic E-state index is 0.0675. The molecule has 15 heavy (non-hydrogen) atoms. The van der Waals surface area contributed by atoms with Crippen molar-refractivity contribution in [2.24, 2.45) is 0 Å². The molecule has 0 bridgehead atoms. The third kappa shape index (κ3) is 3.93. The summed E-state index contributed by atoms with van der Waals surface area (Å²) in [7, 11) is 0. The van der Waals surface area contributed by atoms with E-state index >= 15 is 0 Å². The quantitative estimate of drug-likeness (QED) is 0.468. The highest BCUT2D eigenvalue weighted by molar-refractivity contribution is 9.10. The van der Waals surface area contributed by atoms with Gasteiger partial charge in [-0.05, 0) is 18.2 Å². The molecular weight excluding hydrogens is 263 g/mol. The summed E-state index contributed by atoms with van der Waals surface area (Å²) in [6, 6.07) is 4.04. The fourth-order valence-electron chi connectivity index (χ4n) is 1.03. The standard InChI is InChI=1S/C11H10BrFO2/c1-2-3-15-7-11(14)8-4-9(12)6-10(13)5-8/h2,4-6H,1,3,7H2. The largest absolute Gasteiger partial charge is 0.369 e. The summed E-state index contributed by atoms with van der Waals surface area (Å²) in [6.45, 7) is 3.69. The van der Waals surface area contributed by atoms with Gasteiger partial charge in [0.05, 0.1) is 6.61 Å². The normalized spacial score (nSPS) is 10.0. The van der Waals surface area contributed by atoms with Crippen LogP contribution in [0.3, 0.4) is 0 Å². The van der Waals surface area contributed by atoms with E-state index in [1.54, 1.807) is 12.1 Å². The zero-order chi connectivity index (χ0) is 11.3. The SMILES string of the molecule is C=CCOCC(=O)c1cc(F)cc(Br)c1. The van der Waals surface area contributed by atoms with E-state index in [0.717, 1.165) is 0 Å². The molecule has 0 aromatic heterocycles. The summed E-state index contributed by atoms with van der Waals surface area (Å²) in [5, 5.41) is 0. The van der Waals surface area contributed by atoms with E-state index < -0.39 is 5.82 Å². The van der Waals surface area contributed by atoms with E-state index in [2.05, 4.69) is 22.5 Å². The highest BCUT2D eigenvalue weighted by Crippen LogP contribution is 2.15. The molecular formula is C11H10BrFO2. The zero-order valence-electron chi connectivity index (χ0n) is 8.00. The molecule has 0 radical (unpaired) electrons. The number of Topliss-reactive ketones (excluding diaryl/α,β-unsaturated/α-hetero) is 1. The Morgan fingerprint density at radius 2 is 2.27 bits per heavy atom. The molecule has 80 valence electrons. The number of hydrogen-bond acceptors (Lipinski definition) is 2. The molecule has 0 fully saturated rings. The first-order valence-electron chi connectivity index (χ1n) is 4.31. The third-order valence-corrected chi connectivity index (χ3v) is 2.11. The lowest BCUT2D eigenvalue weighted by Crippen LogP contribution is -2.09. The van der Waals surface area contributed by atoms with E-state index in [4.69, 9.17) is 4.74 Å². The maximum Gasteiger partial charge on any atom is 0.188 e. The van der Waals surface area contributed by atoms with Gasteiger partial charge in [0.1, 0.15) is 12.4 Å². The van der Waals surface area contributed by atoms with Gasteiger partial charge in [0.25, 0.3) is 0 Å². The van der Waals surface area contributed by atoms with Crippen molar-refractivity contribution in [3.8, 4) is 0 Å². The molecule has 0 heterocycles. The van der Waals surface area contributed by atoms with Gasteiger partial charge < -0.3 is 4.74 Å². The van der Waals surface area contributed by atoms with Crippen molar-refractivity contribution < 1.29 is 13.9 Å². The Morgan fingerprint density at radius 1 is 1.53 bits per heavy atom. The molecule has 0 saturated carbocycles. The topological polar surface area (TPSA) is 26.3 Å². The van der Waals surface area contributed by atoms with Crippen LogP contribution >= 0.6 is 15.9 Å². The highest BCUT2D eigenvalue weighted by Gasteiger charge is 2.08. The van der Waals surface area contributed by atoms with Crippen molar-refractivity contribution in [3.63, 3.8) is 0 Å². The maximum absolute atomic E-state index is 12.9. The van der Waals surface area contributed by atoms with Crippen LogP contribution in [0, 0.1) is 5.82 Å². The van der Waals surface area contributed by atoms with Crippen LogP contribution in [-0.2, 0) is 4.74 Å². The molecule has 0 spiro atoms. The summed E-state index contributed by atoms with van der Waals surface area (Å²) >= 11 is 3.11. The van der Waals surface area contributed by atoms with Crippen molar-refractivity contribution >= 4 is 21.7 Å². The Balaban J connectivity index is 2.69. The van der Waals surface area contributed by atoms with Crippen molar-refractivity contribution in [3.05, 3.63) is 46.7 Å². The summed E-state index contributed by atoms with van der Waals surface area (Å²) in [4.78, 5) is 11.5. The molecule has 0 unspecified atom stereocenters. The van der Waals surface area contributed by atoms with Crippen molar-refractivity contribution in [2.45, 2.75) is 0 Å². The van der Waals surface area contributed by atoms with E-state index in [1.165, 1.54) is 12.1 Å². The van der Waals surface area contributed by atoms with Crippen LogP contribution in [0.5, 0.6) is 0 Å². The van der Waals surface area contributed by atoms with Crippen LogP contribution in [0.15, 0.2) is 35.3 Å². The van der Waals surface area contributed by atoms with Crippen molar-refractivity contribution in [2.75, 3.05) is 13.2 Å². The zero-order valence-corrected chi connectivity index (χ0v) is 9.59. The Kier molecular flexibility index (Phi) is 4.65. The van der Waals surface area contributed by atoms with Crippen molar-refractivity contribution in [1.82, 2.24) is 0 Å². The van der Waals surface area contributed by atoms with Gasteiger partial charge in [-0.15, -0.1) is 6.58 Å². The van der Waals surface area contributed by atoms with E-state index in [1.807, 2.05) is 0 Å². The summed E-state index contributed by atoms with van der Waals surface area (Å²) in [5.74, 6) is -0.700. The first kappa shape index (κ1) is 12.1. The minimum Gasteiger partial charge on any atom is -0.369 e. The number of hydrogen-bond donors (Lipinski definition) is 0. The van der Waals surface area contributed by atoms with Gasteiger partial charge >= 0.3 is 0 Å². The average Bonchev–Trinajstić information content (AvgIpc) is 2.16. The maximum atomic E-state index is 12.9. The van der Waals surface area contributed by atoms with Crippen molar-refractivity contribution in [1.29, 1.82) is 0 Å². The Hall–Kier alpha value is -1.00. The molecule has 0 amide bonds. The van der Waals surface area contributed by atoms with E-state index in [0.29, 0.717) is 16.6 Å². The molecule has 0 aliphatic carbocycles. The Bertz CT molecular complexity index is 357. The molecule has 4 heteroatoms. The van der Waals surface area contributed by atoms with Crippen LogP contribution < -0.4 is 0 Å². The molecule has 0 aliphatic heterocycles. The fraction of sp³-hybridized carbons (Fsp3) is 0.182. The smallest absolute Gasteiger partial charge is 0.188 e. The Labute approximate surface area is 95.9 Å². The van der Waals surface area contributed by atoms with E-state index in [-0.39, 0.29) is 12.4 Å². The summed E-state index contributed by atoms with van der Waals surface area (Å²) < 4.78 is 18.4. The molecule has 0 atom stereocenters. The van der Waals surface area contributed by atoms with Gasteiger partial charge in [-0.3, -0.25) is 4.79 Å². The van der Waals surface area contributed by atoms with Gasteiger partial charge in [0.15, 0.2) is 5.78 Å². The number of carbonyl (C=O) groups is 1. The number of ether oxygens (including phenoxy) is 1. The highest BCUT2D eigenvalue weighted by atomic mass is 79.9. The summed E-state index contributed by atoms with van der Waals surface area (Å²) in [5.41, 5.74) is 0.297. The molecule has 0 saturated heterocycles. The molecule has 0 N–H and O–H groups in total. The second kappa shape index (κ2) is 5.78. The van der Waals surface area contributed by atoms with Gasteiger partial charge in [0.2, 0.25) is 0 Å². The predicted molar refractivity (Wildman–Crippen MR) is 59.4 cm³/mol. The van der Waals surface area contributed by atoms with E-state index in [9.17, 15) is 9.18 Å². The van der Waals surface area contributed by atoms with Crippen LogP contribution in [0.1, 0.15) is 10.4 Å². The van der Waals surface area contributed by atoms with Crippen LogP contribution in [0.4, 0.5) is 4.39 Å². The second-order valence-corrected chi connectivity index (χ2v) is 3.80. The predicted octanol–water partition coefficient (Wildman–Crippen LogP) is 2.97. The lowest BCUT2D eigenvalue weighted by atomic mass is 10.1. The molecule has 1 aromatic rings. The fourth-order valence-corrected chi connectivity index (χ4v) is 1.50. The lowest BCUT2D eigenvalue weighted by molar-refractivity contribution is 0.0806. The number of ketones is 1. The van der Waals surface area contributed by atoms with Gasteiger partial charge in [0, 0.05) is 10.0 Å². The van der Waals surface area contributed by atoms with Crippen LogP contribution in [-0.4, -0.2) is 19.0 Å². The molecule has 1 rings (SSSR count). The summed E-state index contributed by atoms with van der Waals surface area (Å²) in [6.07, 6.45) is 1.55. The first-order chi connectivity index (χ1) is 7.13. The number of carbonyl (C=O) groups excluding carboxylic acids is 1.